The van der Waals surface area contributed by atoms with Gasteiger partial charge in [0.2, 0.25) is 10.1 Å². The van der Waals surface area contributed by atoms with Gasteiger partial charge in [-0.05, 0) is 40.9 Å². The molecule has 1 aromatic carbocycles. The van der Waals surface area contributed by atoms with Gasteiger partial charge in [-0.15, -0.1) is 0 Å². The van der Waals surface area contributed by atoms with E-state index in [0.717, 1.165) is 45.4 Å². The first kappa shape index (κ1) is 20.7. The quantitative estimate of drug-likeness (QED) is 0.385. The SMILES string of the molecule is CCCC[S+]([O-])c1sc2nc(-c3ccc(OC)nc3)cc(-c3ccccc3)c2c1N. The van der Waals surface area contributed by atoms with Crippen LogP contribution in [-0.2, 0) is 11.2 Å². The maximum atomic E-state index is 12.9. The molecule has 0 saturated heterocycles. The zero-order chi connectivity index (χ0) is 21.1. The molecule has 0 aliphatic heterocycles. The van der Waals surface area contributed by atoms with Gasteiger partial charge < -0.3 is 15.0 Å². The van der Waals surface area contributed by atoms with Crippen LogP contribution in [0.15, 0.2) is 58.9 Å². The minimum absolute atomic E-state index is 0.553. The first-order valence-electron chi connectivity index (χ1n) is 9.79. The number of nitrogens with zero attached hydrogens (tertiary/aromatic N) is 2. The number of hydrogen-bond donors (Lipinski definition) is 1. The molecule has 0 bridgehead atoms. The average Bonchev–Trinajstić information content (AvgIpc) is 3.14. The third-order valence-electron chi connectivity index (χ3n) is 4.88. The molecule has 0 fully saturated rings. The van der Waals surface area contributed by atoms with Crippen LogP contribution < -0.4 is 10.5 Å². The number of fused-ring (bicyclic) bond motifs is 1. The maximum Gasteiger partial charge on any atom is 0.232 e. The maximum absolute atomic E-state index is 12.9. The number of nitrogen functional groups attached to an aromatic ring is 1. The summed E-state index contributed by atoms with van der Waals surface area (Å²) < 4.78 is 18.7. The molecule has 4 aromatic rings. The number of nitrogens with two attached hydrogens (primary N) is 1. The second-order valence-corrected chi connectivity index (χ2v) is 9.66. The van der Waals surface area contributed by atoms with Crippen LogP contribution in [0.1, 0.15) is 19.8 Å². The van der Waals surface area contributed by atoms with Crippen LogP contribution in [0.5, 0.6) is 5.88 Å². The van der Waals surface area contributed by atoms with Crippen LogP contribution in [0.2, 0.25) is 0 Å². The Morgan fingerprint density at radius 2 is 1.93 bits per heavy atom. The van der Waals surface area contributed by atoms with Crippen LogP contribution in [0.25, 0.3) is 32.6 Å². The molecule has 3 heterocycles. The van der Waals surface area contributed by atoms with Crippen molar-refractivity contribution in [3.05, 3.63) is 54.7 Å². The number of rotatable bonds is 7. The Morgan fingerprint density at radius 1 is 1.13 bits per heavy atom. The smallest absolute Gasteiger partial charge is 0.232 e. The molecule has 154 valence electrons. The van der Waals surface area contributed by atoms with Gasteiger partial charge in [0.25, 0.3) is 0 Å². The van der Waals surface area contributed by atoms with Crippen LogP contribution in [0, 0.1) is 0 Å². The summed E-state index contributed by atoms with van der Waals surface area (Å²) in [4.78, 5) is 9.95. The van der Waals surface area contributed by atoms with E-state index in [9.17, 15) is 4.55 Å². The fourth-order valence-corrected chi connectivity index (χ4v) is 6.08. The van der Waals surface area contributed by atoms with Gasteiger partial charge in [-0.25, -0.2) is 9.97 Å². The van der Waals surface area contributed by atoms with E-state index in [2.05, 4.69) is 24.0 Å². The fraction of sp³-hybridized carbons (Fsp3) is 0.217. The molecular weight excluding hydrogens is 414 g/mol. The van der Waals surface area contributed by atoms with E-state index < -0.39 is 11.2 Å². The summed E-state index contributed by atoms with van der Waals surface area (Å²) in [6.07, 6.45) is 3.65. The monoisotopic (exact) mass is 437 g/mol. The van der Waals surface area contributed by atoms with E-state index in [4.69, 9.17) is 15.5 Å². The van der Waals surface area contributed by atoms with E-state index in [1.807, 2.05) is 36.4 Å². The van der Waals surface area contributed by atoms with Crippen LogP contribution in [0.4, 0.5) is 5.69 Å². The zero-order valence-corrected chi connectivity index (χ0v) is 18.6. The van der Waals surface area contributed by atoms with E-state index in [1.165, 1.54) is 11.3 Å². The largest absolute Gasteiger partial charge is 0.611 e. The summed E-state index contributed by atoms with van der Waals surface area (Å²) in [6.45, 7) is 2.09. The molecule has 1 atom stereocenters. The van der Waals surface area contributed by atoms with Crippen molar-refractivity contribution in [3.8, 4) is 28.3 Å². The first-order chi connectivity index (χ1) is 14.6. The molecular formula is C23H23N3O2S2. The lowest BCUT2D eigenvalue weighted by Crippen LogP contribution is -2.06. The van der Waals surface area contributed by atoms with Gasteiger partial charge >= 0.3 is 0 Å². The van der Waals surface area contributed by atoms with Gasteiger partial charge in [0, 0.05) is 23.2 Å². The van der Waals surface area contributed by atoms with E-state index in [0.29, 0.717) is 21.5 Å². The van der Waals surface area contributed by atoms with Gasteiger partial charge in [0.1, 0.15) is 16.3 Å². The second-order valence-electron chi connectivity index (χ2n) is 6.90. The Kier molecular flexibility index (Phi) is 6.22. The third-order valence-corrected chi connectivity index (χ3v) is 7.88. The molecule has 7 heteroatoms. The van der Waals surface area contributed by atoms with Crippen molar-refractivity contribution in [1.82, 2.24) is 9.97 Å². The number of methoxy groups -OCH3 is 1. The fourth-order valence-electron chi connectivity index (χ4n) is 3.28. The van der Waals surface area contributed by atoms with Crippen molar-refractivity contribution < 1.29 is 9.29 Å². The molecule has 0 aliphatic carbocycles. The highest BCUT2D eigenvalue weighted by Gasteiger charge is 2.24. The Bertz CT molecular complexity index is 1140. The molecule has 2 N–H and O–H groups in total. The molecule has 0 saturated carbocycles. The minimum Gasteiger partial charge on any atom is -0.611 e. The zero-order valence-electron chi connectivity index (χ0n) is 16.9. The topological polar surface area (TPSA) is 84.1 Å². The third kappa shape index (κ3) is 4.01. The van der Waals surface area contributed by atoms with Crippen molar-refractivity contribution in [2.24, 2.45) is 0 Å². The van der Waals surface area contributed by atoms with Crippen LogP contribution >= 0.6 is 11.3 Å². The molecule has 3 aromatic heterocycles. The highest BCUT2D eigenvalue weighted by atomic mass is 32.2. The number of benzene rings is 1. The van der Waals surface area contributed by atoms with Crippen LogP contribution in [-0.4, -0.2) is 27.4 Å². The molecule has 0 radical (unpaired) electrons. The molecule has 4 rings (SSSR count). The van der Waals surface area contributed by atoms with Gasteiger partial charge in [-0.2, -0.15) is 0 Å². The lowest BCUT2D eigenvalue weighted by atomic mass is 10.0. The predicted octanol–water partition coefficient (Wildman–Crippen LogP) is 5.52. The average molecular weight is 438 g/mol. The van der Waals surface area contributed by atoms with Gasteiger partial charge in [0.15, 0.2) is 0 Å². The number of thiophene rings is 1. The first-order valence-corrected chi connectivity index (χ1v) is 11.9. The number of ether oxygens (including phenoxy) is 1. The predicted molar refractivity (Wildman–Crippen MR) is 125 cm³/mol. The summed E-state index contributed by atoms with van der Waals surface area (Å²) in [5.41, 5.74) is 10.8. The summed E-state index contributed by atoms with van der Waals surface area (Å²) >= 11 is 0.303. The lowest BCUT2D eigenvalue weighted by molar-refractivity contribution is 0.398. The molecule has 0 amide bonds. The van der Waals surface area contributed by atoms with Crippen molar-refractivity contribution in [2.45, 2.75) is 24.0 Å². The standard InChI is InChI=1S/C23H23N3O2S2/c1-3-4-12-30(27)23-21(24)20-17(15-8-6-5-7-9-15)13-18(26-22(20)29-23)16-10-11-19(28-2)25-14-16/h5-11,13-14H,3-4,12,24H2,1-2H3. The Labute approximate surface area is 183 Å². The normalized spacial score (nSPS) is 12.2. The highest BCUT2D eigenvalue weighted by molar-refractivity contribution is 7.93. The second kappa shape index (κ2) is 9.04. The van der Waals surface area contributed by atoms with Crippen LogP contribution in [0.3, 0.4) is 0 Å². The number of unbranched alkanes of at least 4 members (excludes halogenated alkanes) is 1. The molecule has 30 heavy (non-hydrogen) atoms. The van der Waals surface area contributed by atoms with Crippen molar-refractivity contribution in [1.29, 1.82) is 0 Å². The number of anilines is 1. The number of aromatic nitrogens is 2. The lowest BCUT2D eigenvalue weighted by Gasteiger charge is -2.10. The molecule has 1 unspecified atom stereocenters. The van der Waals surface area contributed by atoms with Gasteiger partial charge in [0.05, 0.1) is 12.8 Å². The summed E-state index contributed by atoms with van der Waals surface area (Å²) in [6, 6.07) is 15.9. The summed E-state index contributed by atoms with van der Waals surface area (Å²) in [5, 5.41) is 0.872. The van der Waals surface area contributed by atoms with Crippen molar-refractivity contribution >= 4 is 38.4 Å². The van der Waals surface area contributed by atoms with E-state index in [-0.39, 0.29) is 0 Å². The van der Waals surface area contributed by atoms with Crippen molar-refractivity contribution in [2.75, 3.05) is 18.6 Å². The highest BCUT2D eigenvalue weighted by Crippen LogP contribution is 2.43. The summed E-state index contributed by atoms with van der Waals surface area (Å²) in [7, 11) is 1.59. The minimum atomic E-state index is -1.12. The number of hydrogen-bond acceptors (Lipinski definition) is 6. The van der Waals surface area contributed by atoms with E-state index in [1.54, 1.807) is 13.3 Å². The Balaban J connectivity index is 1.91. The molecule has 0 aliphatic rings. The van der Waals surface area contributed by atoms with Gasteiger partial charge in [-0.3, -0.25) is 0 Å². The van der Waals surface area contributed by atoms with Crippen molar-refractivity contribution in [3.63, 3.8) is 0 Å². The summed E-state index contributed by atoms with van der Waals surface area (Å²) in [5.74, 6) is 1.17. The number of pyridine rings is 2. The van der Waals surface area contributed by atoms with Gasteiger partial charge in [-0.1, -0.05) is 55.0 Å². The Morgan fingerprint density at radius 3 is 2.60 bits per heavy atom. The van der Waals surface area contributed by atoms with E-state index >= 15 is 0 Å². The molecule has 5 nitrogen and oxygen atoms in total. The Hall–Kier alpha value is -2.61. The molecule has 0 spiro atoms.